The van der Waals surface area contributed by atoms with Crippen LogP contribution in [0.1, 0.15) is 52.3 Å². The average Bonchev–Trinajstić information content (AvgIpc) is 3.34. The molecule has 166 valence electrons. The number of pyridine rings is 1. The molecule has 0 saturated heterocycles. The van der Waals surface area contributed by atoms with Gasteiger partial charge < -0.3 is 25.7 Å². The molecule has 1 fully saturated rings. The molecule has 2 amide bonds. The number of hydrogen-bond donors (Lipinski definition) is 3. The van der Waals surface area contributed by atoms with Gasteiger partial charge in [-0.15, -0.1) is 0 Å². The van der Waals surface area contributed by atoms with E-state index in [9.17, 15) is 4.79 Å². The molecule has 1 saturated carbocycles. The monoisotopic (exact) mass is 424 g/mol. The number of hydrogen-bond acceptors (Lipinski definition) is 5. The zero-order valence-corrected chi connectivity index (χ0v) is 18.6. The van der Waals surface area contributed by atoms with Gasteiger partial charge >= 0.3 is 6.03 Å². The summed E-state index contributed by atoms with van der Waals surface area (Å²) in [5.41, 5.74) is 8.15. The van der Waals surface area contributed by atoms with Gasteiger partial charge in [0.1, 0.15) is 17.9 Å². The number of aromatic nitrogens is 3. The molecule has 4 rings (SSSR count). The van der Waals surface area contributed by atoms with E-state index < -0.39 is 5.54 Å². The Labute approximate surface area is 182 Å². The Balaban J connectivity index is 1.69. The first kappa shape index (κ1) is 21.4. The molecule has 8 nitrogen and oxygen atoms in total. The van der Waals surface area contributed by atoms with E-state index in [1.807, 2.05) is 45.0 Å². The average molecular weight is 425 g/mol. The van der Waals surface area contributed by atoms with E-state index in [0.717, 1.165) is 35.1 Å². The molecule has 1 aromatic carbocycles. The van der Waals surface area contributed by atoms with Crippen molar-refractivity contribution in [2.75, 3.05) is 12.3 Å². The van der Waals surface area contributed by atoms with Crippen molar-refractivity contribution in [2.24, 2.45) is 0 Å². The fourth-order valence-electron chi connectivity index (χ4n) is 4.41. The first-order valence-electron chi connectivity index (χ1n) is 11.1. The van der Waals surface area contributed by atoms with Crippen LogP contribution >= 0.6 is 0 Å². The normalized spacial score (nSPS) is 15.1. The second kappa shape index (κ2) is 8.70. The molecule has 1 aliphatic rings. The first-order chi connectivity index (χ1) is 14.9. The van der Waals surface area contributed by atoms with Crippen LogP contribution in [0.4, 0.5) is 10.6 Å². The molecule has 0 aliphatic heterocycles. The third-order valence-corrected chi connectivity index (χ3v) is 5.82. The van der Waals surface area contributed by atoms with Gasteiger partial charge in [0.2, 0.25) is 0 Å². The smallest absolute Gasteiger partial charge is 0.315 e. The van der Waals surface area contributed by atoms with Gasteiger partial charge in [-0.1, -0.05) is 31.0 Å². The summed E-state index contributed by atoms with van der Waals surface area (Å²) in [4.78, 5) is 21.9. The largest absolute Gasteiger partial charge is 0.382 e. The van der Waals surface area contributed by atoms with Crippen molar-refractivity contribution in [3.8, 4) is 0 Å². The lowest BCUT2D eigenvalue weighted by atomic mass is 10.1. The van der Waals surface area contributed by atoms with Gasteiger partial charge in [-0.25, -0.2) is 14.8 Å². The minimum atomic E-state index is -0.517. The highest BCUT2D eigenvalue weighted by Crippen LogP contribution is 2.30. The highest BCUT2D eigenvalue weighted by atomic mass is 16.5. The molecule has 31 heavy (non-hydrogen) atoms. The van der Waals surface area contributed by atoms with E-state index >= 15 is 0 Å². The zero-order valence-electron chi connectivity index (χ0n) is 18.6. The van der Waals surface area contributed by atoms with Crippen LogP contribution in [0.2, 0.25) is 0 Å². The van der Waals surface area contributed by atoms with Crippen molar-refractivity contribution in [3.63, 3.8) is 0 Å². The molecule has 4 N–H and O–H groups in total. The molecule has 0 unspecified atom stereocenters. The number of amides is 2. The maximum Gasteiger partial charge on any atom is 0.315 e. The molecule has 0 atom stereocenters. The topological polar surface area (TPSA) is 107 Å². The lowest BCUT2D eigenvalue weighted by Gasteiger charge is -2.29. The molecule has 0 bridgehead atoms. The molecule has 1 aliphatic carbocycles. The maximum absolute atomic E-state index is 12.6. The first-order valence-corrected chi connectivity index (χ1v) is 11.1. The maximum atomic E-state index is 12.6. The van der Waals surface area contributed by atoms with Gasteiger partial charge in [-0.2, -0.15) is 0 Å². The number of carbonyl (C=O) groups is 1. The van der Waals surface area contributed by atoms with E-state index in [-0.39, 0.29) is 12.1 Å². The molecule has 0 radical (unpaired) electrons. The van der Waals surface area contributed by atoms with Gasteiger partial charge in [0.05, 0.1) is 16.6 Å². The molecular formula is C23H32N6O2. The Kier molecular flexibility index (Phi) is 6.00. The highest BCUT2D eigenvalue weighted by Gasteiger charge is 2.27. The molecular weight excluding hydrogens is 392 g/mol. The predicted molar refractivity (Wildman–Crippen MR) is 123 cm³/mol. The number of ether oxygens (including phenoxy) is 1. The van der Waals surface area contributed by atoms with E-state index in [2.05, 4.69) is 20.2 Å². The van der Waals surface area contributed by atoms with Crippen LogP contribution < -0.4 is 16.4 Å². The fourth-order valence-corrected chi connectivity index (χ4v) is 4.41. The van der Waals surface area contributed by atoms with E-state index in [4.69, 9.17) is 15.5 Å². The van der Waals surface area contributed by atoms with Crippen LogP contribution in [0.5, 0.6) is 0 Å². The Hall–Kier alpha value is -2.87. The minimum Gasteiger partial charge on any atom is -0.382 e. The van der Waals surface area contributed by atoms with Crippen LogP contribution in [-0.4, -0.2) is 38.8 Å². The van der Waals surface area contributed by atoms with Crippen molar-refractivity contribution in [2.45, 2.75) is 71.2 Å². The molecule has 0 spiro atoms. The van der Waals surface area contributed by atoms with Crippen molar-refractivity contribution in [3.05, 3.63) is 30.1 Å². The number of nitrogens with zero attached hydrogens (tertiary/aromatic N) is 3. The van der Waals surface area contributed by atoms with Gasteiger partial charge in [-0.05, 0) is 39.7 Å². The number of nitrogen functional groups attached to an aromatic ring is 1. The number of fused-ring (bicyclic) bond motifs is 3. The third kappa shape index (κ3) is 4.58. The van der Waals surface area contributed by atoms with Gasteiger partial charge in [0.15, 0.2) is 5.82 Å². The standard InChI is InChI=1S/C23H32N6O2/c1-4-31-13-18-27-19-20(16-11-7-8-12-17(16)26-21(19)24)29(18)14-23(2,3)28-22(30)25-15-9-5-6-10-15/h7-8,11-12,15H,4-6,9-10,13-14H2,1-3H3,(H2,24,26)(H2,25,28,30). The van der Waals surface area contributed by atoms with Gasteiger partial charge in [0, 0.05) is 24.6 Å². The summed E-state index contributed by atoms with van der Waals surface area (Å²) in [6.45, 7) is 7.47. The van der Waals surface area contributed by atoms with Crippen molar-refractivity contribution in [1.29, 1.82) is 0 Å². The Morgan fingerprint density at radius 3 is 2.74 bits per heavy atom. The van der Waals surface area contributed by atoms with Gasteiger partial charge in [0.25, 0.3) is 0 Å². The number of benzene rings is 1. The van der Waals surface area contributed by atoms with Gasteiger partial charge in [-0.3, -0.25) is 0 Å². The van der Waals surface area contributed by atoms with Crippen molar-refractivity contribution < 1.29 is 9.53 Å². The summed E-state index contributed by atoms with van der Waals surface area (Å²) in [7, 11) is 0. The number of urea groups is 1. The number of anilines is 1. The number of imidazole rings is 1. The lowest BCUT2D eigenvalue weighted by molar-refractivity contribution is 0.124. The number of rotatable bonds is 7. The SMILES string of the molecule is CCOCc1nc2c(N)nc3ccccc3c2n1CC(C)(C)NC(=O)NC1CCCC1. The number of nitrogens with one attached hydrogen (secondary N) is 2. The number of nitrogens with two attached hydrogens (primary N) is 1. The van der Waals surface area contributed by atoms with Crippen LogP contribution in [0.3, 0.4) is 0 Å². The van der Waals surface area contributed by atoms with Crippen LogP contribution in [0.15, 0.2) is 24.3 Å². The summed E-state index contributed by atoms with van der Waals surface area (Å²) >= 11 is 0. The summed E-state index contributed by atoms with van der Waals surface area (Å²) in [5, 5.41) is 7.24. The molecule has 3 aromatic rings. The van der Waals surface area contributed by atoms with Crippen molar-refractivity contribution in [1.82, 2.24) is 25.2 Å². The highest BCUT2D eigenvalue weighted by molar-refractivity contribution is 6.06. The summed E-state index contributed by atoms with van der Waals surface area (Å²) in [5.74, 6) is 1.17. The Bertz CT molecular complexity index is 1080. The Morgan fingerprint density at radius 2 is 2.00 bits per heavy atom. The van der Waals surface area contributed by atoms with Crippen LogP contribution in [-0.2, 0) is 17.9 Å². The van der Waals surface area contributed by atoms with Crippen LogP contribution in [0.25, 0.3) is 21.9 Å². The fraction of sp³-hybridized carbons (Fsp3) is 0.522. The lowest BCUT2D eigenvalue weighted by Crippen LogP contribution is -2.52. The predicted octanol–water partition coefficient (Wildman–Crippen LogP) is 3.72. The molecule has 2 aromatic heterocycles. The van der Waals surface area contributed by atoms with Crippen LogP contribution in [0, 0.1) is 0 Å². The quantitative estimate of drug-likeness (QED) is 0.536. The summed E-state index contributed by atoms with van der Waals surface area (Å²) in [6, 6.07) is 8.05. The Morgan fingerprint density at radius 1 is 1.26 bits per heavy atom. The molecule has 2 heterocycles. The number of para-hydroxylation sites is 1. The van der Waals surface area contributed by atoms with Crippen molar-refractivity contribution >= 4 is 33.8 Å². The number of carbonyl (C=O) groups excluding carboxylic acids is 1. The van der Waals surface area contributed by atoms with E-state index in [0.29, 0.717) is 31.1 Å². The minimum absolute atomic E-state index is 0.126. The van der Waals surface area contributed by atoms with E-state index in [1.165, 1.54) is 12.8 Å². The molecule has 8 heteroatoms. The third-order valence-electron chi connectivity index (χ3n) is 5.82. The second-order valence-corrected chi connectivity index (χ2v) is 8.93. The summed E-state index contributed by atoms with van der Waals surface area (Å²) < 4.78 is 7.79. The zero-order chi connectivity index (χ0) is 22.0. The summed E-state index contributed by atoms with van der Waals surface area (Å²) in [6.07, 6.45) is 4.46. The second-order valence-electron chi connectivity index (χ2n) is 8.93. The van der Waals surface area contributed by atoms with E-state index in [1.54, 1.807) is 0 Å².